The first-order valence-corrected chi connectivity index (χ1v) is 14.2. The van der Waals surface area contributed by atoms with Crippen LogP contribution in [0.4, 0.5) is 13.2 Å². The second kappa shape index (κ2) is 8.69. The molecule has 0 N–H and O–H groups in total. The van der Waals surface area contributed by atoms with Gasteiger partial charge in [-0.3, -0.25) is 0 Å². The molecule has 0 amide bonds. The van der Waals surface area contributed by atoms with E-state index in [9.17, 15) is 13.2 Å². The van der Waals surface area contributed by atoms with Gasteiger partial charge in [0.2, 0.25) is 0 Å². The van der Waals surface area contributed by atoms with Gasteiger partial charge < -0.3 is 0 Å². The van der Waals surface area contributed by atoms with Crippen molar-refractivity contribution in [3.8, 4) is 0 Å². The maximum absolute atomic E-state index is 13.4. The summed E-state index contributed by atoms with van der Waals surface area (Å²) in [4.78, 5) is 0. The summed E-state index contributed by atoms with van der Waals surface area (Å²) in [5.74, 6) is 0. The maximum atomic E-state index is 13.4. The SMILES string of the molecule is FC(F)(F)c1ccc(C2OP(c3ccccc3)(c3ccccc3)(c3ccccc3)c3ccccc32)cc1. The fourth-order valence-electron chi connectivity index (χ4n) is 5.69. The Hall–Kier alpha value is -3.72. The molecule has 0 spiro atoms. The summed E-state index contributed by atoms with van der Waals surface area (Å²) >= 11 is 0. The molecule has 5 aromatic rings. The summed E-state index contributed by atoms with van der Waals surface area (Å²) in [5, 5.41) is 4.22. The first-order valence-electron chi connectivity index (χ1n) is 12.1. The summed E-state index contributed by atoms with van der Waals surface area (Å²) in [7, 11) is 0. The van der Waals surface area contributed by atoms with Gasteiger partial charge in [0.15, 0.2) is 0 Å². The van der Waals surface area contributed by atoms with Crippen molar-refractivity contribution >= 4 is 28.0 Å². The number of hydrogen-bond donors (Lipinski definition) is 0. The number of hydrogen-bond acceptors (Lipinski definition) is 1. The van der Waals surface area contributed by atoms with Gasteiger partial charge in [0, 0.05) is 0 Å². The van der Waals surface area contributed by atoms with Crippen LogP contribution in [0.5, 0.6) is 0 Å². The van der Waals surface area contributed by atoms with Gasteiger partial charge in [0.25, 0.3) is 0 Å². The summed E-state index contributed by atoms with van der Waals surface area (Å²) in [6.45, 7) is -3.78. The van der Waals surface area contributed by atoms with Crippen molar-refractivity contribution < 1.29 is 17.7 Å². The summed E-state index contributed by atoms with van der Waals surface area (Å²) in [6, 6.07) is 44.3. The topological polar surface area (TPSA) is 9.23 Å². The molecule has 1 atom stereocenters. The molecule has 1 nitrogen and oxygen atoms in total. The van der Waals surface area contributed by atoms with Crippen molar-refractivity contribution in [3.05, 3.63) is 156 Å². The second-order valence-electron chi connectivity index (χ2n) is 9.21. The van der Waals surface area contributed by atoms with E-state index < -0.39 is 24.7 Å². The third-order valence-electron chi connectivity index (χ3n) is 7.28. The molecule has 1 aliphatic rings. The monoisotopic (exact) mass is 512 g/mol. The predicted molar refractivity (Wildman–Crippen MR) is 146 cm³/mol. The van der Waals surface area contributed by atoms with Gasteiger partial charge in [0.05, 0.1) is 0 Å². The molecule has 0 saturated heterocycles. The number of alkyl halides is 3. The number of rotatable bonds is 4. The molecule has 184 valence electrons. The van der Waals surface area contributed by atoms with Crippen molar-refractivity contribution in [2.75, 3.05) is 0 Å². The Labute approximate surface area is 214 Å². The third-order valence-corrected chi connectivity index (χ3v) is 13.1. The number of halogens is 3. The third kappa shape index (κ3) is 3.40. The predicted octanol–water partition coefficient (Wildman–Crippen LogP) is 6.90. The Morgan fingerprint density at radius 2 is 0.946 bits per heavy atom. The summed E-state index contributed by atoms with van der Waals surface area (Å²) < 4.78 is 47.6. The van der Waals surface area contributed by atoms with Crippen molar-refractivity contribution in [1.82, 2.24) is 0 Å². The molecule has 0 radical (unpaired) electrons. The second-order valence-corrected chi connectivity index (χ2v) is 13.5. The molecule has 0 aromatic heterocycles. The fourth-order valence-corrected chi connectivity index (χ4v) is 11.8. The van der Waals surface area contributed by atoms with E-state index >= 15 is 0 Å². The van der Waals surface area contributed by atoms with E-state index in [0.29, 0.717) is 5.56 Å². The molecule has 5 aromatic carbocycles. The average molecular weight is 513 g/mol. The van der Waals surface area contributed by atoms with E-state index in [2.05, 4.69) is 42.5 Å². The van der Waals surface area contributed by atoms with E-state index in [1.165, 1.54) is 0 Å². The van der Waals surface area contributed by atoms with Crippen molar-refractivity contribution in [2.24, 2.45) is 0 Å². The zero-order chi connectivity index (χ0) is 25.5. The van der Waals surface area contributed by atoms with Crippen molar-refractivity contribution in [1.29, 1.82) is 0 Å². The van der Waals surface area contributed by atoms with Gasteiger partial charge >= 0.3 is 214 Å². The Morgan fingerprint density at radius 3 is 1.41 bits per heavy atom. The number of benzene rings is 5. The van der Waals surface area contributed by atoms with Crippen LogP contribution in [0.2, 0.25) is 0 Å². The van der Waals surface area contributed by atoms with E-state index in [-0.39, 0.29) is 0 Å². The fraction of sp³-hybridized carbons (Fsp3) is 0.0625. The van der Waals surface area contributed by atoms with Gasteiger partial charge in [0.1, 0.15) is 0 Å². The molecular weight excluding hydrogens is 488 g/mol. The molecule has 0 bridgehead atoms. The van der Waals surface area contributed by atoms with Gasteiger partial charge in [-0.2, -0.15) is 0 Å². The summed E-state index contributed by atoms with van der Waals surface area (Å²) in [6.07, 6.45) is -4.94. The molecule has 1 aliphatic heterocycles. The van der Waals surface area contributed by atoms with Gasteiger partial charge in [-0.25, -0.2) is 0 Å². The van der Waals surface area contributed by atoms with E-state index in [4.69, 9.17) is 4.52 Å². The molecule has 37 heavy (non-hydrogen) atoms. The Balaban J connectivity index is 1.72. The van der Waals surface area contributed by atoms with Crippen LogP contribution in [0.15, 0.2) is 140 Å². The van der Waals surface area contributed by atoms with Crippen LogP contribution in [-0.4, -0.2) is 0 Å². The normalized spacial score (nSPS) is 18.9. The van der Waals surface area contributed by atoms with Crippen molar-refractivity contribution in [2.45, 2.75) is 12.3 Å². The zero-order valence-corrected chi connectivity index (χ0v) is 20.7. The van der Waals surface area contributed by atoms with Crippen LogP contribution in [0.3, 0.4) is 0 Å². The van der Waals surface area contributed by atoms with Gasteiger partial charge in [-0.05, 0) is 0 Å². The first kappa shape index (κ1) is 23.7. The number of fused-ring (bicyclic) bond motifs is 1. The Bertz CT molecular complexity index is 1430. The molecule has 0 saturated carbocycles. The Kier molecular flexibility index (Phi) is 5.56. The quantitative estimate of drug-likeness (QED) is 0.238. The van der Waals surface area contributed by atoms with Crippen LogP contribution < -0.4 is 21.2 Å². The summed E-state index contributed by atoms with van der Waals surface area (Å²) in [5.41, 5.74) is 0.987. The standard InChI is InChI=1S/C32H24F3OP/c33-32(34,35)25-22-20-24(21-23-25)31-29-18-10-11-19-30(29)37(36-31,26-12-4-1-5-13-26,27-14-6-2-7-15-27)28-16-8-3-9-17-28/h1-23,31H. The van der Waals surface area contributed by atoms with Crippen LogP contribution in [-0.2, 0) is 10.7 Å². The van der Waals surface area contributed by atoms with Crippen LogP contribution in [0.1, 0.15) is 22.8 Å². The molecule has 0 aliphatic carbocycles. The van der Waals surface area contributed by atoms with Gasteiger partial charge in [-0.1, -0.05) is 0 Å². The molecule has 5 heteroatoms. The molecule has 1 unspecified atom stereocenters. The van der Waals surface area contributed by atoms with E-state index in [1.807, 2.05) is 72.8 Å². The minimum absolute atomic E-state index is 0.545. The molecule has 6 rings (SSSR count). The molecule has 1 heterocycles. The molecular formula is C32H24F3OP. The first-order chi connectivity index (χ1) is 17.9. The van der Waals surface area contributed by atoms with Crippen LogP contribution >= 0.6 is 6.83 Å². The zero-order valence-electron chi connectivity index (χ0n) is 19.8. The van der Waals surface area contributed by atoms with E-state index in [0.717, 1.165) is 38.9 Å². The average Bonchev–Trinajstić information content (AvgIpc) is 3.28. The Morgan fingerprint density at radius 1 is 0.514 bits per heavy atom. The van der Waals surface area contributed by atoms with Crippen molar-refractivity contribution in [3.63, 3.8) is 0 Å². The minimum atomic E-state index is -4.40. The van der Waals surface area contributed by atoms with Gasteiger partial charge in [-0.15, -0.1) is 0 Å². The van der Waals surface area contributed by atoms with E-state index in [1.54, 1.807) is 12.1 Å². The van der Waals surface area contributed by atoms with Crippen LogP contribution in [0.25, 0.3) is 0 Å². The molecule has 0 fully saturated rings. The van der Waals surface area contributed by atoms with Crippen LogP contribution in [0, 0.1) is 0 Å².